The van der Waals surface area contributed by atoms with Crippen molar-refractivity contribution in [3.8, 4) is 0 Å². The summed E-state index contributed by atoms with van der Waals surface area (Å²) in [5, 5.41) is 2.68. The van der Waals surface area contributed by atoms with E-state index in [0.29, 0.717) is 16.1 Å². The summed E-state index contributed by atoms with van der Waals surface area (Å²) in [7, 11) is 0. The lowest BCUT2D eigenvalue weighted by Crippen LogP contribution is -2.20. The van der Waals surface area contributed by atoms with Crippen LogP contribution in [0.25, 0.3) is 6.08 Å². The summed E-state index contributed by atoms with van der Waals surface area (Å²) in [5.74, 6) is -0.503. The van der Waals surface area contributed by atoms with Crippen LogP contribution in [0.15, 0.2) is 45.5 Å². The second kappa shape index (κ2) is 7.78. The lowest BCUT2D eigenvalue weighted by Gasteiger charge is -2.07. The van der Waals surface area contributed by atoms with Gasteiger partial charge in [-0.15, -0.1) is 0 Å². The van der Waals surface area contributed by atoms with Gasteiger partial charge in [-0.25, -0.2) is 4.79 Å². The summed E-state index contributed by atoms with van der Waals surface area (Å²) in [5.41, 5.74) is 2.89. The van der Waals surface area contributed by atoms with Gasteiger partial charge in [-0.05, 0) is 71.2 Å². The van der Waals surface area contributed by atoms with Gasteiger partial charge in [0.15, 0.2) is 11.3 Å². The summed E-state index contributed by atoms with van der Waals surface area (Å²) in [6.45, 7) is 3.60. The average Bonchev–Trinajstić information content (AvgIpc) is 2.92. The highest BCUT2D eigenvalue weighted by Gasteiger charge is 2.06. The Hall–Kier alpha value is -2.34. The molecule has 0 unspecified atom stereocenters. The van der Waals surface area contributed by atoms with E-state index in [-0.39, 0.29) is 6.61 Å². The van der Waals surface area contributed by atoms with Crippen molar-refractivity contribution in [1.29, 1.82) is 0 Å². The number of hydrogen-bond acceptors (Lipinski definition) is 4. The Morgan fingerprint density at radius 2 is 2.00 bits per heavy atom. The first-order chi connectivity index (χ1) is 10.9. The molecule has 1 heterocycles. The molecule has 0 atom stereocenters. The van der Waals surface area contributed by atoms with Gasteiger partial charge in [-0.3, -0.25) is 4.79 Å². The monoisotopic (exact) mass is 377 g/mol. The highest BCUT2D eigenvalue weighted by Crippen LogP contribution is 2.15. The maximum absolute atomic E-state index is 11.8. The number of nitrogens with one attached hydrogen (secondary N) is 1. The molecule has 23 heavy (non-hydrogen) atoms. The number of amides is 1. The fourth-order valence-electron chi connectivity index (χ4n) is 1.77. The molecule has 1 amide bonds. The van der Waals surface area contributed by atoms with Crippen molar-refractivity contribution in [2.75, 3.05) is 11.9 Å². The molecule has 0 fully saturated rings. The third kappa shape index (κ3) is 5.41. The van der Waals surface area contributed by atoms with E-state index in [4.69, 9.17) is 9.15 Å². The first-order valence-corrected chi connectivity index (χ1v) is 7.70. The molecular weight excluding hydrogens is 362 g/mol. The predicted octanol–water partition coefficient (Wildman–Crippen LogP) is 3.85. The van der Waals surface area contributed by atoms with Gasteiger partial charge < -0.3 is 14.5 Å². The predicted molar refractivity (Wildman–Crippen MR) is 90.9 cm³/mol. The van der Waals surface area contributed by atoms with Crippen molar-refractivity contribution in [2.45, 2.75) is 13.8 Å². The number of benzene rings is 1. The molecule has 0 aliphatic rings. The fraction of sp³-hybridized carbons (Fsp3) is 0.176. The quantitative estimate of drug-likeness (QED) is 0.634. The number of carbonyl (C=O) groups excluding carboxylic acids is 2. The Bertz CT molecular complexity index is 749. The molecule has 0 saturated heterocycles. The summed E-state index contributed by atoms with van der Waals surface area (Å²) in [6.07, 6.45) is 2.67. The maximum atomic E-state index is 11.8. The molecule has 5 nitrogen and oxygen atoms in total. The zero-order valence-corrected chi connectivity index (χ0v) is 14.3. The molecule has 1 aromatic carbocycles. The van der Waals surface area contributed by atoms with Crippen LogP contribution < -0.4 is 5.32 Å². The zero-order valence-electron chi connectivity index (χ0n) is 12.8. The molecule has 0 bridgehead atoms. The van der Waals surface area contributed by atoms with Gasteiger partial charge in [0.2, 0.25) is 0 Å². The molecule has 0 aliphatic heterocycles. The van der Waals surface area contributed by atoms with E-state index < -0.39 is 11.9 Å². The molecule has 0 saturated carbocycles. The van der Waals surface area contributed by atoms with E-state index in [9.17, 15) is 9.59 Å². The number of rotatable bonds is 5. The van der Waals surface area contributed by atoms with Crippen molar-refractivity contribution >= 4 is 39.6 Å². The Kier molecular flexibility index (Phi) is 5.76. The zero-order chi connectivity index (χ0) is 16.8. The minimum Gasteiger partial charge on any atom is -0.452 e. The normalized spacial score (nSPS) is 10.7. The minimum absolute atomic E-state index is 0.349. The van der Waals surface area contributed by atoms with Crippen molar-refractivity contribution < 1.29 is 18.7 Å². The molecule has 6 heteroatoms. The molecule has 2 aromatic rings. The average molecular weight is 378 g/mol. The van der Waals surface area contributed by atoms with E-state index >= 15 is 0 Å². The van der Waals surface area contributed by atoms with Gasteiger partial charge in [0, 0.05) is 11.8 Å². The van der Waals surface area contributed by atoms with Crippen molar-refractivity contribution in [2.24, 2.45) is 0 Å². The standard InChI is InChI=1S/C17H16BrNO4/c1-11-3-4-13(9-12(11)2)19-16(20)10-22-17(21)8-6-14-5-7-15(18)23-14/h3-9H,10H2,1-2H3,(H,19,20)/b8-6+. The highest BCUT2D eigenvalue weighted by atomic mass is 79.9. The van der Waals surface area contributed by atoms with Gasteiger partial charge in [0.25, 0.3) is 5.91 Å². The number of aryl methyl sites for hydroxylation is 2. The van der Waals surface area contributed by atoms with Gasteiger partial charge in [0.05, 0.1) is 0 Å². The third-order valence-electron chi connectivity index (χ3n) is 3.11. The van der Waals surface area contributed by atoms with Crippen LogP contribution in [0.2, 0.25) is 0 Å². The number of carbonyl (C=O) groups is 2. The van der Waals surface area contributed by atoms with Crippen LogP contribution in [0.5, 0.6) is 0 Å². The summed E-state index contributed by atoms with van der Waals surface area (Å²) < 4.78 is 10.6. The molecule has 120 valence electrons. The number of hydrogen-bond donors (Lipinski definition) is 1. The molecule has 1 N–H and O–H groups in total. The van der Waals surface area contributed by atoms with Crippen LogP contribution in [-0.2, 0) is 14.3 Å². The van der Waals surface area contributed by atoms with Crippen LogP contribution in [0, 0.1) is 13.8 Å². The molecule has 0 spiro atoms. The Balaban J connectivity index is 1.80. The van der Waals surface area contributed by atoms with E-state index in [1.165, 1.54) is 12.2 Å². The van der Waals surface area contributed by atoms with Gasteiger partial charge in [-0.2, -0.15) is 0 Å². The third-order valence-corrected chi connectivity index (χ3v) is 3.54. The van der Waals surface area contributed by atoms with Crippen LogP contribution in [0.4, 0.5) is 5.69 Å². The summed E-state index contributed by atoms with van der Waals surface area (Å²) in [4.78, 5) is 23.3. The molecule has 2 rings (SSSR count). The van der Waals surface area contributed by atoms with Gasteiger partial charge in [0.1, 0.15) is 5.76 Å². The lowest BCUT2D eigenvalue weighted by atomic mass is 10.1. The van der Waals surface area contributed by atoms with Crippen LogP contribution in [0.3, 0.4) is 0 Å². The molecular formula is C17H16BrNO4. The maximum Gasteiger partial charge on any atom is 0.331 e. The minimum atomic E-state index is -0.618. The second-order valence-corrected chi connectivity index (χ2v) is 5.71. The highest BCUT2D eigenvalue weighted by molar-refractivity contribution is 9.10. The van der Waals surface area contributed by atoms with E-state index in [0.717, 1.165) is 11.1 Å². The first-order valence-electron chi connectivity index (χ1n) is 6.91. The fourth-order valence-corrected chi connectivity index (χ4v) is 2.09. The summed E-state index contributed by atoms with van der Waals surface area (Å²) in [6, 6.07) is 8.99. The Labute approximate surface area is 142 Å². The van der Waals surface area contributed by atoms with Gasteiger partial charge in [-0.1, -0.05) is 6.07 Å². The van der Waals surface area contributed by atoms with E-state index in [1.54, 1.807) is 18.2 Å². The Morgan fingerprint density at radius 1 is 1.22 bits per heavy atom. The Morgan fingerprint density at radius 3 is 2.65 bits per heavy atom. The number of anilines is 1. The summed E-state index contributed by atoms with van der Waals surface area (Å²) >= 11 is 3.16. The van der Waals surface area contributed by atoms with E-state index in [2.05, 4.69) is 21.2 Å². The van der Waals surface area contributed by atoms with Crippen LogP contribution in [0.1, 0.15) is 16.9 Å². The van der Waals surface area contributed by atoms with Gasteiger partial charge >= 0.3 is 5.97 Å². The molecule has 0 aliphatic carbocycles. The first kappa shape index (κ1) is 17.0. The lowest BCUT2D eigenvalue weighted by molar-refractivity contribution is -0.142. The largest absolute Gasteiger partial charge is 0.452 e. The second-order valence-electron chi connectivity index (χ2n) is 4.93. The SMILES string of the molecule is Cc1ccc(NC(=O)COC(=O)/C=C/c2ccc(Br)o2)cc1C. The molecule has 0 radical (unpaired) electrons. The van der Waals surface area contributed by atoms with Crippen molar-refractivity contribution in [3.63, 3.8) is 0 Å². The van der Waals surface area contributed by atoms with Crippen molar-refractivity contribution in [3.05, 3.63) is 58.0 Å². The molecule has 1 aromatic heterocycles. The van der Waals surface area contributed by atoms with Crippen molar-refractivity contribution in [1.82, 2.24) is 0 Å². The number of ether oxygens (including phenoxy) is 1. The van der Waals surface area contributed by atoms with E-state index in [1.807, 2.05) is 26.0 Å². The smallest absolute Gasteiger partial charge is 0.331 e. The van der Waals surface area contributed by atoms with Crippen LogP contribution >= 0.6 is 15.9 Å². The number of halogens is 1. The van der Waals surface area contributed by atoms with Crippen LogP contribution in [-0.4, -0.2) is 18.5 Å². The topological polar surface area (TPSA) is 68.5 Å². The number of esters is 1. The number of furan rings is 1.